The Bertz CT molecular complexity index is 853. The zero-order valence-corrected chi connectivity index (χ0v) is 15.1. The Labute approximate surface area is 147 Å². The van der Waals surface area contributed by atoms with E-state index < -0.39 is 32.7 Å². The van der Waals surface area contributed by atoms with E-state index in [0.29, 0.717) is 5.56 Å². The molecule has 0 bridgehead atoms. The van der Waals surface area contributed by atoms with Crippen LogP contribution in [0.4, 0.5) is 13.2 Å². The van der Waals surface area contributed by atoms with E-state index in [0.717, 1.165) is 23.5 Å². The van der Waals surface area contributed by atoms with Crippen LogP contribution in [0.5, 0.6) is 0 Å². The lowest BCUT2D eigenvalue weighted by molar-refractivity contribution is -0.137. The summed E-state index contributed by atoms with van der Waals surface area (Å²) < 4.78 is 61.7. The predicted molar refractivity (Wildman–Crippen MR) is 89.3 cm³/mol. The molecule has 1 aromatic carbocycles. The van der Waals surface area contributed by atoms with Gasteiger partial charge in [-0.2, -0.15) is 13.2 Å². The number of amides is 1. The van der Waals surface area contributed by atoms with Crippen molar-refractivity contribution >= 4 is 27.1 Å². The topological polar surface area (TPSA) is 63.2 Å². The molecule has 0 aliphatic carbocycles. The van der Waals surface area contributed by atoms with Gasteiger partial charge in [0.05, 0.1) is 15.7 Å². The smallest absolute Gasteiger partial charge is 0.347 e. The van der Waals surface area contributed by atoms with E-state index in [-0.39, 0.29) is 15.6 Å². The molecule has 0 fully saturated rings. The van der Waals surface area contributed by atoms with Gasteiger partial charge in [0.25, 0.3) is 5.91 Å². The van der Waals surface area contributed by atoms with E-state index in [4.69, 9.17) is 0 Å². The van der Waals surface area contributed by atoms with Crippen LogP contribution in [0.3, 0.4) is 0 Å². The Morgan fingerprint density at radius 2 is 1.72 bits per heavy atom. The first-order chi connectivity index (χ1) is 11.5. The Hall–Kier alpha value is -1.87. The van der Waals surface area contributed by atoms with Gasteiger partial charge >= 0.3 is 6.18 Å². The summed E-state index contributed by atoms with van der Waals surface area (Å²) in [5, 5.41) is 1.97. The number of hydrogen-bond acceptors (Lipinski definition) is 4. The molecular weight excluding hydrogens is 375 g/mol. The monoisotopic (exact) mass is 391 g/mol. The van der Waals surface area contributed by atoms with Crippen molar-refractivity contribution in [3.05, 3.63) is 52.4 Å². The SMILES string of the molecule is CC(C)S(=O)(=O)c1ccc(C(=O)NCc2ccc(C(F)(F)F)cc2)s1. The quantitative estimate of drug-likeness (QED) is 0.841. The summed E-state index contributed by atoms with van der Waals surface area (Å²) in [6, 6.07) is 7.26. The molecule has 0 saturated carbocycles. The molecule has 136 valence electrons. The van der Waals surface area contributed by atoms with Gasteiger partial charge in [0.1, 0.15) is 4.21 Å². The van der Waals surface area contributed by atoms with Crippen LogP contribution in [-0.2, 0) is 22.6 Å². The Morgan fingerprint density at radius 1 is 1.12 bits per heavy atom. The van der Waals surface area contributed by atoms with E-state index in [1.165, 1.54) is 24.3 Å². The molecule has 25 heavy (non-hydrogen) atoms. The van der Waals surface area contributed by atoms with Gasteiger partial charge in [-0.1, -0.05) is 12.1 Å². The summed E-state index contributed by atoms with van der Waals surface area (Å²) in [7, 11) is -3.44. The summed E-state index contributed by atoms with van der Waals surface area (Å²) in [4.78, 5) is 12.3. The van der Waals surface area contributed by atoms with Gasteiger partial charge in [-0.3, -0.25) is 4.79 Å². The highest BCUT2D eigenvalue weighted by Gasteiger charge is 2.30. The molecule has 1 amide bonds. The minimum Gasteiger partial charge on any atom is -0.347 e. The van der Waals surface area contributed by atoms with Gasteiger partial charge in [0.2, 0.25) is 0 Å². The first-order valence-electron chi connectivity index (χ1n) is 7.30. The Balaban J connectivity index is 2.03. The number of nitrogens with one attached hydrogen (secondary N) is 1. The van der Waals surface area contributed by atoms with Crippen molar-refractivity contribution in [2.75, 3.05) is 0 Å². The zero-order chi connectivity index (χ0) is 18.8. The number of sulfone groups is 1. The molecule has 9 heteroatoms. The van der Waals surface area contributed by atoms with Gasteiger partial charge in [0.15, 0.2) is 9.84 Å². The van der Waals surface area contributed by atoms with Crippen molar-refractivity contribution < 1.29 is 26.4 Å². The molecule has 1 aromatic heterocycles. The number of thiophene rings is 1. The second-order valence-electron chi connectivity index (χ2n) is 5.59. The van der Waals surface area contributed by atoms with Crippen molar-refractivity contribution in [3.63, 3.8) is 0 Å². The van der Waals surface area contributed by atoms with Crippen LogP contribution in [-0.4, -0.2) is 19.6 Å². The zero-order valence-electron chi connectivity index (χ0n) is 13.4. The summed E-state index contributed by atoms with van der Waals surface area (Å²) in [5.41, 5.74) is -0.253. The Morgan fingerprint density at radius 3 is 2.24 bits per heavy atom. The minimum atomic E-state index is -4.41. The summed E-state index contributed by atoms with van der Waals surface area (Å²) in [6.45, 7) is 3.15. The normalized spacial score (nSPS) is 12.4. The molecule has 0 saturated heterocycles. The van der Waals surface area contributed by atoms with Gasteiger partial charge in [-0.15, -0.1) is 11.3 Å². The first-order valence-corrected chi connectivity index (χ1v) is 9.66. The number of halogens is 3. The third-order valence-electron chi connectivity index (χ3n) is 3.44. The average molecular weight is 391 g/mol. The number of carbonyl (C=O) groups is 1. The van der Waals surface area contributed by atoms with E-state index in [2.05, 4.69) is 5.32 Å². The van der Waals surface area contributed by atoms with Crippen molar-refractivity contribution in [1.29, 1.82) is 0 Å². The minimum absolute atomic E-state index is 0.0428. The van der Waals surface area contributed by atoms with Crippen LogP contribution in [0, 0.1) is 0 Å². The second-order valence-corrected chi connectivity index (χ2v) is 9.40. The molecule has 1 N–H and O–H groups in total. The molecule has 0 unspecified atom stereocenters. The number of rotatable bonds is 5. The van der Waals surface area contributed by atoms with Gasteiger partial charge in [-0.25, -0.2) is 8.42 Å². The maximum atomic E-state index is 12.5. The Kier molecular flexibility index (Phi) is 5.58. The van der Waals surface area contributed by atoms with Crippen LogP contribution in [0.1, 0.15) is 34.6 Å². The summed E-state index contributed by atoms with van der Waals surface area (Å²) >= 11 is 0.868. The molecule has 1 heterocycles. The lowest BCUT2D eigenvalue weighted by Gasteiger charge is -2.08. The maximum absolute atomic E-state index is 12.5. The highest BCUT2D eigenvalue weighted by Crippen LogP contribution is 2.29. The molecule has 0 radical (unpaired) electrons. The molecule has 2 rings (SSSR count). The molecular formula is C16H16F3NO3S2. The van der Waals surface area contributed by atoms with Crippen LogP contribution in [0.15, 0.2) is 40.6 Å². The van der Waals surface area contributed by atoms with E-state index >= 15 is 0 Å². The van der Waals surface area contributed by atoms with E-state index in [1.54, 1.807) is 13.8 Å². The summed E-state index contributed by atoms with van der Waals surface area (Å²) in [5.74, 6) is -0.477. The molecule has 0 aliphatic rings. The highest BCUT2D eigenvalue weighted by atomic mass is 32.2. The average Bonchev–Trinajstić information content (AvgIpc) is 3.02. The fourth-order valence-corrected chi connectivity index (χ4v) is 4.60. The predicted octanol–water partition coefficient (Wildman–Crippen LogP) is 3.88. The van der Waals surface area contributed by atoms with Crippen LogP contribution in [0.2, 0.25) is 0 Å². The van der Waals surface area contributed by atoms with Crippen molar-refractivity contribution in [2.45, 2.75) is 36.0 Å². The number of carbonyl (C=O) groups excluding carboxylic acids is 1. The largest absolute Gasteiger partial charge is 0.416 e. The third-order valence-corrected chi connectivity index (χ3v) is 7.20. The lowest BCUT2D eigenvalue weighted by atomic mass is 10.1. The standard InChI is InChI=1S/C16H16F3NO3S2/c1-10(2)25(22,23)14-8-7-13(24-14)15(21)20-9-11-3-5-12(6-4-11)16(17,18)19/h3-8,10H,9H2,1-2H3,(H,20,21). The lowest BCUT2D eigenvalue weighted by Crippen LogP contribution is -2.21. The molecule has 0 aliphatic heterocycles. The second kappa shape index (κ2) is 7.17. The molecule has 2 aromatic rings. The van der Waals surface area contributed by atoms with Crippen molar-refractivity contribution in [3.8, 4) is 0 Å². The van der Waals surface area contributed by atoms with Gasteiger partial charge in [-0.05, 0) is 43.7 Å². The third kappa shape index (κ3) is 4.60. The van der Waals surface area contributed by atoms with Crippen LogP contribution < -0.4 is 5.32 Å². The molecule has 4 nitrogen and oxygen atoms in total. The first kappa shape index (κ1) is 19.5. The van der Waals surface area contributed by atoms with E-state index in [9.17, 15) is 26.4 Å². The van der Waals surface area contributed by atoms with Gasteiger partial charge < -0.3 is 5.32 Å². The van der Waals surface area contributed by atoms with Crippen LogP contribution in [0.25, 0.3) is 0 Å². The maximum Gasteiger partial charge on any atom is 0.416 e. The van der Waals surface area contributed by atoms with Gasteiger partial charge in [0, 0.05) is 6.54 Å². The fraction of sp³-hybridized carbons (Fsp3) is 0.312. The molecule has 0 spiro atoms. The van der Waals surface area contributed by atoms with E-state index in [1.807, 2.05) is 0 Å². The fourth-order valence-electron chi connectivity index (χ4n) is 1.91. The van der Waals surface area contributed by atoms with Crippen molar-refractivity contribution in [1.82, 2.24) is 5.32 Å². The number of hydrogen-bond donors (Lipinski definition) is 1. The summed E-state index contributed by atoms with van der Waals surface area (Å²) in [6.07, 6.45) is -4.41. The highest BCUT2D eigenvalue weighted by molar-refractivity contribution is 7.94. The number of benzene rings is 1. The molecule has 0 atom stereocenters. The number of alkyl halides is 3. The van der Waals surface area contributed by atoms with Crippen LogP contribution >= 0.6 is 11.3 Å². The van der Waals surface area contributed by atoms with Crippen molar-refractivity contribution in [2.24, 2.45) is 0 Å².